The van der Waals surface area contributed by atoms with Gasteiger partial charge < -0.3 is 24.3 Å². The Bertz CT molecular complexity index is 1020. The van der Waals surface area contributed by atoms with Crippen LogP contribution in [-0.4, -0.2) is 27.9 Å². The Balaban J connectivity index is 2.21. The van der Waals surface area contributed by atoms with Crippen LogP contribution in [0.4, 0.5) is 11.4 Å². The SMILES string of the molecule is CCCCCCOc1c(Nc2ccccc2)c(C(C)c2ccccc2)c(OC)c(OC)c1OC. The highest BCUT2D eigenvalue weighted by atomic mass is 16.5. The molecule has 1 N–H and O–H groups in total. The maximum absolute atomic E-state index is 6.42. The molecule has 0 saturated heterocycles. The van der Waals surface area contributed by atoms with Gasteiger partial charge in [-0.3, -0.25) is 0 Å². The quantitative estimate of drug-likeness (QED) is 0.265. The van der Waals surface area contributed by atoms with Crippen molar-refractivity contribution in [1.29, 1.82) is 0 Å². The fourth-order valence-electron chi connectivity index (χ4n) is 4.20. The van der Waals surface area contributed by atoms with Crippen LogP contribution in [0.1, 0.15) is 56.6 Å². The second-order valence-corrected chi connectivity index (χ2v) is 8.25. The number of benzene rings is 3. The predicted octanol–water partition coefficient (Wildman–Crippen LogP) is 7.57. The highest BCUT2D eigenvalue weighted by Gasteiger charge is 2.31. The monoisotopic (exact) mass is 463 g/mol. The summed E-state index contributed by atoms with van der Waals surface area (Å²) in [5.41, 5.74) is 3.90. The Hall–Kier alpha value is -3.34. The molecule has 3 rings (SSSR count). The fraction of sp³-hybridized carbons (Fsp3) is 0.379. The zero-order valence-corrected chi connectivity index (χ0v) is 21.0. The fourth-order valence-corrected chi connectivity index (χ4v) is 4.20. The van der Waals surface area contributed by atoms with E-state index in [4.69, 9.17) is 18.9 Å². The largest absolute Gasteiger partial charge is 0.492 e. The molecule has 0 fully saturated rings. The zero-order chi connectivity index (χ0) is 24.3. The molecule has 5 nitrogen and oxygen atoms in total. The van der Waals surface area contributed by atoms with Crippen molar-refractivity contribution in [3.8, 4) is 23.0 Å². The lowest BCUT2D eigenvalue weighted by Crippen LogP contribution is -2.11. The first-order valence-electron chi connectivity index (χ1n) is 12.0. The van der Waals surface area contributed by atoms with Crippen LogP contribution in [-0.2, 0) is 0 Å². The molecule has 1 atom stereocenters. The molecule has 34 heavy (non-hydrogen) atoms. The van der Waals surface area contributed by atoms with Crippen LogP contribution < -0.4 is 24.3 Å². The van der Waals surface area contributed by atoms with E-state index < -0.39 is 0 Å². The molecule has 0 spiro atoms. The van der Waals surface area contributed by atoms with E-state index in [2.05, 4.69) is 43.4 Å². The smallest absolute Gasteiger partial charge is 0.209 e. The van der Waals surface area contributed by atoms with Gasteiger partial charge in [-0.05, 0) is 24.1 Å². The lowest BCUT2D eigenvalue weighted by molar-refractivity contribution is 0.271. The van der Waals surface area contributed by atoms with Crippen LogP contribution in [0.2, 0.25) is 0 Å². The van der Waals surface area contributed by atoms with Crippen molar-refractivity contribution in [2.45, 2.75) is 45.4 Å². The number of hydrogen-bond donors (Lipinski definition) is 1. The minimum Gasteiger partial charge on any atom is -0.492 e. The van der Waals surface area contributed by atoms with E-state index >= 15 is 0 Å². The molecular formula is C29H37NO4. The van der Waals surface area contributed by atoms with Crippen molar-refractivity contribution in [2.75, 3.05) is 33.3 Å². The molecule has 0 aliphatic carbocycles. The highest BCUT2D eigenvalue weighted by molar-refractivity contribution is 5.82. The zero-order valence-electron chi connectivity index (χ0n) is 21.0. The maximum atomic E-state index is 6.42. The van der Waals surface area contributed by atoms with E-state index in [1.807, 2.05) is 36.4 Å². The van der Waals surface area contributed by atoms with Crippen molar-refractivity contribution < 1.29 is 18.9 Å². The molecule has 0 radical (unpaired) electrons. The van der Waals surface area contributed by atoms with Crippen LogP contribution in [0.3, 0.4) is 0 Å². The average Bonchev–Trinajstić information content (AvgIpc) is 2.89. The van der Waals surface area contributed by atoms with Crippen LogP contribution in [0, 0.1) is 0 Å². The van der Waals surface area contributed by atoms with Crippen molar-refractivity contribution >= 4 is 11.4 Å². The number of hydrogen-bond acceptors (Lipinski definition) is 5. The summed E-state index contributed by atoms with van der Waals surface area (Å²) in [4.78, 5) is 0. The van der Waals surface area contributed by atoms with Crippen LogP contribution in [0.5, 0.6) is 23.0 Å². The Morgan fingerprint density at radius 1 is 0.706 bits per heavy atom. The lowest BCUT2D eigenvalue weighted by Gasteiger charge is -2.27. The third kappa shape index (κ3) is 5.77. The molecule has 0 bridgehead atoms. The van der Waals surface area contributed by atoms with Gasteiger partial charge >= 0.3 is 0 Å². The van der Waals surface area contributed by atoms with Gasteiger partial charge in [0, 0.05) is 17.2 Å². The first kappa shape index (κ1) is 25.3. The summed E-state index contributed by atoms with van der Waals surface area (Å²) in [6.45, 7) is 4.96. The van der Waals surface area contributed by atoms with Gasteiger partial charge in [-0.2, -0.15) is 0 Å². The molecule has 0 amide bonds. The van der Waals surface area contributed by atoms with Crippen LogP contribution in [0.25, 0.3) is 0 Å². The standard InChI is InChI=1S/C29H37NO4/c1-6-7-8-15-20-34-27-25(30-23-18-13-10-14-19-23)24(21(2)22-16-11-9-12-17-22)26(31-3)28(32-4)29(27)33-5/h9-14,16-19,21,30H,6-8,15,20H2,1-5H3. The van der Waals surface area contributed by atoms with E-state index in [1.165, 1.54) is 12.8 Å². The van der Waals surface area contributed by atoms with Gasteiger partial charge in [0.25, 0.3) is 0 Å². The van der Waals surface area contributed by atoms with Gasteiger partial charge in [0.15, 0.2) is 11.5 Å². The summed E-state index contributed by atoms with van der Waals surface area (Å²) in [6, 6.07) is 20.4. The number of rotatable bonds is 13. The molecule has 1 unspecified atom stereocenters. The third-order valence-electron chi connectivity index (χ3n) is 5.99. The average molecular weight is 464 g/mol. The third-order valence-corrected chi connectivity index (χ3v) is 5.99. The Kier molecular flexibility index (Phi) is 9.51. The number of ether oxygens (including phenoxy) is 4. The van der Waals surface area contributed by atoms with Gasteiger partial charge in [0.1, 0.15) is 0 Å². The van der Waals surface area contributed by atoms with Gasteiger partial charge in [-0.25, -0.2) is 0 Å². The molecule has 3 aromatic rings. The second-order valence-electron chi connectivity index (χ2n) is 8.25. The molecule has 182 valence electrons. The van der Waals surface area contributed by atoms with Gasteiger partial charge in [-0.1, -0.05) is 81.6 Å². The van der Waals surface area contributed by atoms with Gasteiger partial charge in [0.05, 0.1) is 33.6 Å². The van der Waals surface area contributed by atoms with E-state index in [1.54, 1.807) is 21.3 Å². The number of methoxy groups -OCH3 is 3. The first-order valence-corrected chi connectivity index (χ1v) is 12.0. The number of unbranched alkanes of at least 4 members (excludes halogenated alkanes) is 3. The summed E-state index contributed by atoms with van der Waals surface area (Å²) >= 11 is 0. The Morgan fingerprint density at radius 3 is 1.88 bits per heavy atom. The number of nitrogens with one attached hydrogen (secondary N) is 1. The molecule has 5 heteroatoms. The van der Waals surface area contributed by atoms with E-state index in [0.29, 0.717) is 29.6 Å². The molecule has 0 aliphatic rings. The summed E-state index contributed by atoms with van der Waals surface area (Å²) in [5, 5.41) is 3.60. The minimum absolute atomic E-state index is 0.00427. The normalized spacial score (nSPS) is 11.6. The molecule has 0 saturated carbocycles. The second kappa shape index (κ2) is 12.8. The maximum Gasteiger partial charge on any atom is 0.209 e. The van der Waals surface area contributed by atoms with Crippen molar-refractivity contribution in [3.05, 3.63) is 71.8 Å². The Labute approximate surface area is 204 Å². The summed E-state index contributed by atoms with van der Waals surface area (Å²) in [7, 11) is 4.93. The van der Waals surface area contributed by atoms with E-state index in [-0.39, 0.29) is 5.92 Å². The lowest BCUT2D eigenvalue weighted by atomic mass is 9.89. The minimum atomic E-state index is 0.00427. The highest BCUT2D eigenvalue weighted by Crippen LogP contribution is 2.56. The summed E-state index contributed by atoms with van der Waals surface area (Å²) in [5.74, 6) is 2.33. The predicted molar refractivity (Wildman–Crippen MR) is 139 cm³/mol. The van der Waals surface area contributed by atoms with Crippen molar-refractivity contribution in [2.24, 2.45) is 0 Å². The molecular weight excluding hydrogens is 426 g/mol. The van der Waals surface area contributed by atoms with E-state index in [9.17, 15) is 0 Å². The van der Waals surface area contributed by atoms with Gasteiger partial charge in [-0.15, -0.1) is 0 Å². The van der Waals surface area contributed by atoms with Gasteiger partial charge in [0.2, 0.25) is 11.5 Å². The number of para-hydroxylation sites is 1. The van der Waals surface area contributed by atoms with Crippen molar-refractivity contribution in [3.63, 3.8) is 0 Å². The molecule has 0 aromatic heterocycles. The summed E-state index contributed by atoms with van der Waals surface area (Å²) in [6.07, 6.45) is 4.47. The molecule has 0 aliphatic heterocycles. The number of anilines is 2. The molecule has 0 heterocycles. The summed E-state index contributed by atoms with van der Waals surface area (Å²) < 4.78 is 24.0. The molecule has 3 aromatic carbocycles. The van der Waals surface area contributed by atoms with E-state index in [0.717, 1.165) is 35.3 Å². The Morgan fingerprint density at radius 2 is 1.29 bits per heavy atom. The van der Waals surface area contributed by atoms with Crippen LogP contribution in [0.15, 0.2) is 60.7 Å². The first-order chi connectivity index (χ1) is 16.7. The van der Waals surface area contributed by atoms with Crippen molar-refractivity contribution in [1.82, 2.24) is 0 Å². The topological polar surface area (TPSA) is 49.0 Å². The van der Waals surface area contributed by atoms with Crippen LogP contribution >= 0.6 is 0 Å².